The van der Waals surface area contributed by atoms with Crippen LogP contribution in [0.3, 0.4) is 0 Å². The molecule has 4 N–H and O–H groups in total. The average Bonchev–Trinajstić information content (AvgIpc) is 2.28. The Kier molecular flexibility index (Phi) is 4.33. The first kappa shape index (κ1) is 12.8. The van der Waals surface area contributed by atoms with Crippen molar-refractivity contribution in [2.75, 3.05) is 5.73 Å². The molecule has 0 saturated heterocycles. The molecular weight excluding hydrogens is 224 g/mol. The van der Waals surface area contributed by atoms with Crippen LogP contribution in [0.15, 0.2) is 24.3 Å². The Morgan fingerprint density at radius 3 is 2.53 bits per heavy atom. The largest absolute Gasteiger partial charge is 0.480 e. The molecule has 0 fully saturated rings. The van der Waals surface area contributed by atoms with Gasteiger partial charge in [0.05, 0.1) is 0 Å². The van der Waals surface area contributed by atoms with Crippen molar-refractivity contribution >= 4 is 17.7 Å². The van der Waals surface area contributed by atoms with Crippen LogP contribution in [0, 0.1) is 0 Å². The lowest BCUT2D eigenvalue weighted by Gasteiger charge is -2.10. The van der Waals surface area contributed by atoms with Crippen LogP contribution in [0.5, 0.6) is 0 Å². The van der Waals surface area contributed by atoms with Crippen LogP contribution >= 0.6 is 0 Å². The monoisotopic (exact) mass is 238 g/mol. The van der Waals surface area contributed by atoms with E-state index in [-0.39, 0.29) is 6.61 Å². The van der Waals surface area contributed by atoms with E-state index in [0.717, 1.165) is 5.56 Å². The first-order chi connectivity index (χ1) is 7.99. The van der Waals surface area contributed by atoms with Crippen molar-refractivity contribution in [1.29, 1.82) is 0 Å². The van der Waals surface area contributed by atoms with Crippen molar-refractivity contribution in [2.45, 2.75) is 19.6 Å². The maximum atomic E-state index is 11.2. The van der Waals surface area contributed by atoms with Crippen molar-refractivity contribution in [1.82, 2.24) is 5.32 Å². The van der Waals surface area contributed by atoms with Crippen LogP contribution in [0.4, 0.5) is 10.5 Å². The highest BCUT2D eigenvalue weighted by Crippen LogP contribution is 2.06. The number of carbonyl (C=O) groups is 2. The van der Waals surface area contributed by atoms with E-state index < -0.39 is 18.1 Å². The quantitative estimate of drug-likeness (QED) is 0.678. The molecule has 0 aliphatic rings. The van der Waals surface area contributed by atoms with Gasteiger partial charge in [-0.1, -0.05) is 12.1 Å². The molecule has 1 atom stereocenters. The van der Waals surface area contributed by atoms with Gasteiger partial charge in [-0.2, -0.15) is 0 Å². The van der Waals surface area contributed by atoms with Gasteiger partial charge in [0.25, 0.3) is 0 Å². The molecule has 0 aromatic heterocycles. The molecule has 1 aromatic rings. The molecule has 0 radical (unpaired) electrons. The van der Waals surface area contributed by atoms with E-state index in [1.165, 1.54) is 6.92 Å². The van der Waals surface area contributed by atoms with E-state index in [1.54, 1.807) is 24.3 Å². The zero-order valence-corrected chi connectivity index (χ0v) is 9.34. The standard InChI is InChI=1S/C11H14N2O4/c1-7(10(14)15)13-11(16)17-6-8-2-4-9(12)5-3-8/h2-5,7H,6,12H2,1H3,(H,13,16)(H,14,15). The molecule has 0 aliphatic heterocycles. The molecule has 1 amide bonds. The van der Waals surface area contributed by atoms with Gasteiger partial charge in [0.15, 0.2) is 0 Å². The minimum atomic E-state index is -1.12. The molecule has 92 valence electrons. The molecule has 1 aromatic carbocycles. The number of ether oxygens (including phenoxy) is 1. The van der Waals surface area contributed by atoms with E-state index in [9.17, 15) is 9.59 Å². The van der Waals surface area contributed by atoms with Gasteiger partial charge in [-0.3, -0.25) is 4.79 Å². The third-order valence-corrected chi connectivity index (χ3v) is 2.05. The fourth-order valence-electron chi connectivity index (χ4n) is 1.04. The average molecular weight is 238 g/mol. The number of carbonyl (C=O) groups excluding carboxylic acids is 1. The van der Waals surface area contributed by atoms with Crippen molar-refractivity contribution in [3.8, 4) is 0 Å². The molecule has 0 saturated carbocycles. The van der Waals surface area contributed by atoms with Gasteiger partial charge >= 0.3 is 12.1 Å². The van der Waals surface area contributed by atoms with E-state index >= 15 is 0 Å². The van der Waals surface area contributed by atoms with Crippen LogP contribution in [0.1, 0.15) is 12.5 Å². The summed E-state index contributed by atoms with van der Waals surface area (Å²) in [6.07, 6.45) is -0.767. The minimum Gasteiger partial charge on any atom is -0.480 e. The Labute approximate surface area is 98.4 Å². The summed E-state index contributed by atoms with van der Waals surface area (Å²) in [7, 11) is 0. The zero-order valence-electron chi connectivity index (χ0n) is 9.34. The molecule has 0 bridgehead atoms. The van der Waals surface area contributed by atoms with Crippen LogP contribution in [-0.4, -0.2) is 23.2 Å². The first-order valence-corrected chi connectivity index (χ1v) is 4.99. The van der Waals surface area contributed by atoms with Gasteiger partial charge in [-0.15, -0.1) is 0 Å². The summed E-state index contributed by atoms with van der Waals surface area (Å²) in [6.45, 7) is 1.42. The molecule has 6 heteroatoms. The number of nitrogen functional groups attached to an aromatic ring is 1. The predicted octanol–water partition coefficient (Wildman–Crippen LogP) is 0.968. The summed E-state index contributed by atoms with van der Waals surface area (Å²) in [4.78, 5) is 21.6. The molecule has 1 rings (SSSR count). The number of hydrogen-bond acceptors (Lipinski definition) is 4. The van der Waals surface area contributed by atoms with Gasteiger partial charge in [0.1, 0.15) is 12.6 Å². The van der Waals surface area contributed by atoms with E-state index in [2.05, 4.69) is 5.32 Å². The van der Waals surface area contributed by atoms with Crippen LogP contribution in [0.2, 0.25) is 0 Å². The van der Waals surface area contributed by atoms with Crippen LogP contribution in [-0.2, 0) is 16.1 Å². The number of anilines is 1. The van der Waals surface area contributed by atoms with Crippen molar-refractivity contribution < 1.29 is 19.4 Å². The summed E-state index contributed by atoms with van der Waals surface area (Å²) in [5.74, 6) is -1.12. The van der Waals surface area contributed by atoms with Gasteiger partial charge in [-0.25, -0.2) is 4.79 Å². The SMILES string of the molecule is CC(NC(=O)OCc1ccc(N)cc1)C(=O)O. The van der Waals surface area contributed by atoms with E-state index in [4.69, 9.17) is 15.6 Å². The Bertz CT molecular complexity index is 402. The summed E-state index contributed by atoms with van der Waals surface area (Å²) in [5.41, 5.74) is 6.89. The Hall–Kier alpha value is -2.24. The number of rotatable bonds is 4. The number of hydrogen-bond donors (Lipinski definition) is 3. The van der Waals surface area contributed by atoms with Gasteiger partial charge < -0.3 is 20.9 Å². The normalized spacial score (nSPS) is 11.6. The number of amides is 1. The molecule has 0 heterocycles. The number of nitrogens with two attached hydrogens (primary N) is 1. The molecule has 0 aliphatic carbocycles. The first-order valence-electron chi connectivity index (χ1n) is 4.99. The van der Waals surface area contributed by atoms with Gasteiger partial charge in [0.2, 0.25) is 0 Å². The zero-order chi connectivity index (χ0) is 12.8. The Balaban J connectivity index is 2.38. The number of nitrogens with one attached hydrogen (secondary N) is 1. The van der Waals surface area contributed by atoms with Crippen LogP contribution in [0.25, 0.3) is 0 Å². The fraction of sp³-hybridized carbons (Fsp3) is 0.273. The molecule has 0 spiro atoms. The third-order valence-electron chi connectivity index (χ3n) is 2.05. The maximum Gasteiger partial charge on any atom is 0.408 e. The molecule has 1 unspecified atom stereocenters. The smallest absolute Gasteiger partial charge is 0.408 e. The fourth-order valence-corrected chi connectivity index (χ4v) is 1.04. The highest BCUT2D eigenvalue weighted by molar-refractivity contribution is 5.79. The second kappa shape index (κ2) is 5.74. The summed E-state index contributed by atoms with van der Waals surface area (Å²) in [6, 6.07) is 5.85. The lowest BCUT2D eigenvalue weighted by molar-refractivity contribution is -0.138. The van der Waals surface area contributed by atoms with Crippen molar-refractivity contribution in [3.05, 3.63) is 29.8 Å². The Morgan fingerprint density at radius 2 is 2.00 bits per heavy atom. The van der Waals surface area contributed by atoms with Crippen LogP contribution < -0.4 is 11.1 Å². The van der Waals surface area contributed by atoms with E-state index in [1.807, 2.05) is 0 Å². The van der Waals surface area contributed by atoms with Crippen molar-refractivity contribution in [2.24, 2.45) is 0 Å². The Morgan fingerprint density at radius 1 is 1.41 bits per heavy atom. The predicted molar refractivity (Wildman–Crippen MR) is 61.3 cm³/mol. The topological polar surface area (TPSA) is 102 Å². The second-order valence-electron chi connectivity index (χ2n) is 3.52. The lowest BCUT2D eigenvalue weighted by atomic mass is 10.2. The highest BCUT2D eigenvalue weighted by atomic mass is 16.5. The highest BCUT2D eigenvalue weighted by Gasteiger charge is 2.14. The molecular formula is C11H14N2O4. The lowest BCUT2D eigenvalue weighted by Crippen LogP contribution is -2.38. The number of carboxylic acid groups (broad SMARTS) is 1. The number of alkyl carbamates (subject to hydrolysis) is 1. The number of benzene rings is 1. The molecule has 6 nitrogen and oxygen atoms in total. The van der Waals surface area contributed by atoms with Gasteiger partial charge in [0, 0.05) is 5.69 Å². The molecule has 17 heavy (non-hydrogen) atoms. The van der Waals surface area contributed by atoms with Crippen molar-refractivity contribution in [3.63, 3.8) is 0 Å². The van der Waals surface area contributed by atoms with Gasteiger partial charge in [-0.05, 0) is 24.6 Å². The number of aliphatic carboxylic acids is 1. The minimum absolute atomic E-state index is 0.0679. The summed E-state index contributed by atoms with van der Waals surface area (Å²) < 4.78 is 4.83. The maximum absolute atomic E-state index is 11.2. The summed E-state index contributed by atoms with van der Waals surface area (Å²) >= 11 is 0. The number of carboxylic acids is 1. The second-order valence-corrected chi connectivity index (χ2v) is 3.52. The summed E-state index contributed by atoms with van der Waals surface area (Å²) in [5, 5.41) is 10.7. The third kappa shape index (κ3) is 4.42. The van der Waals surface area contributed by atoms with E-state index in [0.29, 0.717) is 5.69 Å².